The second-order valence-corrected chi connectivity index (χ2v) is 9.10. The molecule has 2 aromatic heterocycles. The Morgan fingerprint density at radius 3 is 2.62 bits per heavy atom. The molecule has 0 aliphatic carbocycles. The Bertz CT molecular complexity index is 1240. The van der Waals surface area contributed by atoms with Gasteiger partial charge in [0, 0.05) is 30.4 Å². The highest BCUT2D eigenvalue weighted by Gasteiger charge is 2.20. The second-order valence-electron chi connectivity index (χ2n) is 8.69. The van der Waals surface area contributed by atoms with Crippen molar-refractivity contribution in [2.24, 2.45) is 0 Å². The van der Waals surface area contributed by atoms with Crippen LogP contribution < -0.4 is 21.1 Å². The molecular formula is C25H27ClFN7O3. The van der Waals surface area contributed by atoms with E-state index >= 15 is 0 Å². The topological polar surface area (TPSA) is 114 Å². The van der Waals surface area contributed by atoms with Gasteiger partial charge < -0.3 is 19.7 Å². The summed E-state index contributed by atoms with van der Waals surface area (Å²) >= 11 is 6.51. The number of ether oxygens (including phenoxy) is 2. The average Bonchev–Trinajstić information content (AvgIpc) is 2.94. The Morgan fingerprint density at radius 1 is 1.05 bits per heavy atom. The van der Waals surface area contributed by atoms with Crippen LogP contribution in [-0.4, -0.2) is 53.8 Å². The molecule has 1 unspecified atom stereocenters. The molecular weight excluding hydrogens is 501 g/mol. The van der Waals surface area contributed by atoms with Crippen LogP contribution in [-0.2, 0) is 9.47 Å². The molecule has 2 saturated heterocycles. The van der Waals surface area contributed by atoms with Crippen LogP contribution in [0.2, 0.25) is 5.02 Å². The van der Waals surface area contributed by atoms with E-state index in [1.807, 2.05) is 18.2 Å². The van der Waals surface area contributed by atoms with Gasteiger partial charge in [-0.1, -0.05) is 17.7 Å². The zero-order valence-corrected chi connectivity index (χ0v) is 20.8. The summed E-state index contributed by atoms with van der Waals surface area (Å²) in [7, 11) is 0. The summed E-state index contributed by atoms with van der Waals surface area (Å²) in [6.07, 6.45) is 5.83. The van der Waals surface area contributed by atoms with Gasteiger partial charge >= 0.3 is 0 Å². The number of hydrogen-bond acceptors (Lipinski definition) is 9. The fourth-order valence-electron chi connectivity index (χ4n) is 4.21. The minimum Gasteiger partial charge on any atom is -0.378 e. The molecule has 0 spiro atoms. The van der Waals surface area contributed by atoms with Gasteiger partial charge in [0.2, 0.25) is 5.95 Å². The molecule has 4 heterocycles. The SMILES string of the molecule is O=C(NNc1ncc(F)c(N2CCOCC2)n1)c1ccc(Nc2ccc(C3CCCCO3)c(Cl)c2)cn1. The number of hydrogen-bond donors (Lipinski definition) is 3. The van der Waals surface area contributed by atoms with E-state index in [1.165, 1.54) is 0 Å². The minimum atomic E-state index is -0.540. The van der Waals surface area contributed by atoms with Crippen molar-refractivity contribution < 1.29 is 18.7 Å². The molecule has 2 aliphatic heterocycles. The number of carbonyl (C=O) groups is 1. The van der Waals surface area contributed by atoms with Gasteiger partial charge in [0.1, 0.15) is 5.69 Å². The van der Waals surface area contributed by atoms with Gasteiger partial charge in [0.05, 0.1) is 37.4 Å². The average molecular weight is 528 g/mol. The van der Waals surface area contributed by atoms with Crippen molar-refractivity contribution in [2.45, 2.75) is 25.4 Å². The lowest BCUT2D eigenvalue weighted by Gasteiger charge is -2.28. The lowest BCUT2D eigenvalue weighted by Crippen LogP contribution is -2.38. The Balaban J connectivity index is 1.17. The number of rotatable bonds is 7. The van der Waals surface area contributed by atoms with Crippen LogP contribution in [0.5, 0.6) is 0 Å². The summed E-state index contributed by atoms with van der Waals surface area (Å²) in [6, 6.07) is 9.09. The number of pyridine rings is 1. The lowest BCUT2D eigenvalue weighted by atomic mass is 10.0. The number of anilines is 4. The number of nitrogens with zero attached hydrogens (tertiary/aromatic N) is 4. The Labute approximate surface area is 218 Å². The monoisotopic (exact) mass is 527 g/mol. The molecule has 37 heavy (non-hydrogen) atoms. The van der Waals surface area contributed by atoms with E-state index in [9.17, 15) is 9.18 Å². The van der Waals surface area contributed by atoms with E-state index in [2.05, 4.69) is 31.1 Å². The van der Waals surface area contributed by atoms with Gasteiger partial charge in [-0.3, -0.25) is 15.6 Å². The first-order chi connectivity index (χ1) is 18.1. The van der Waals surface area contributed by atoms with Gasteiger partial charge in [-0.05, 0) is 49.1 Å². The largest absolute Gasteiger partial charge is 0.378 e. The van der Waals surface area contributed by atoms with Crippen LogP contribution in [0.15, 0.2) is 42.7 Å². The van der Waals surface area contributed by atoms with Gasteiger partial charge in [-0.2, -0.15) is 4.98 Å². The molecule has 2 aliphatic rings. The maximum absolute atomic E-state index is 14.2. The van der Waals surface area contributed by atoms with Crippen LogP contribution in [0.25, 0.3) is 0 Å². The molecule has 1 aromatic carbocycles. The van der Waals surface area contributed by atoms with Gasteiger partial charge in [-0.15, -0.1) is 0 Å². The maximum Gasteiger partial charge on any atom is 0.288 e. The molecule has 0 bridgehead atoms. The normalized spacial score (nSPS) is 17.8. The van der Waals surface area contributed by atoms with E-state index < -0.39 is 11.7 Å². The fourth-order valence-corrected chi connectivity index (χ4v) is 4.52. The lowest BCUT2D eigenvalue weighted by molar-refractivity contribution is 0.0150. The van der Waals surface area contributed by atoms with E-state index in [0.29, 0.717) is 37.0 Å². The molecule has 1 amide bonds. The molecule has 2 fully saturated rings. The Kier molecular flexibility index (Phi) is 7.93. The summed E-state index contributed by atoms with van der Waals surface area (Å²) in [5.74, 6) is -0.814. The molecule has 1 atom stereocenters. The van der Waals surface area contributed by atoms with Crippen LogP contribution in [0, 0.1) is 5.82 Å². The Hall–Kier alpha value is -3.54. The summed E-state index contributed by atoms with van der Waals surface area (Å²) in [5.41, 5.74) is 7.77. The van der Waals surface area contributed by atoms with E-state index in [0.717, 1.165) is 43.3 Å². The van der Waals surface area contributed by atoms with E-state index in [-0.39, 0.29) is 23.6 Å². The van der Waals surface area contributed by atoms with Crippen molar-refractivity contribution in [3.63, 3.8) is 0 Å². The summed E-state index contributed by atoms with van der Waals surface area (Å²) in [5, 5.41) is 3.88. The maximum atomic E-state index is 14.2. The summed E-state index contributed by atoms with van der Waals surface area (Å²) < 4.78 is 25.3. The van der Waals surface area contributed by atoms with Crippen molar-refractivity contribution in [2.75, 3.05) is 48.6 Å². The van der Waals surface area contributed by atoms with E-state index in [1.54, 1.807) is 23.2 Å². The van der Waals surface area contributed by atoms with Crippen LogP contribution in [0.3, 0.4) is 0 Å². The fraction of sp³-hybridized carbons (Fsp3) is 0.360. The third kappa shape index (κ3) is 6.24. The highest BCUT2D eigenvalue weighted by atomic mass is 35.5. The highest BCUT2D eigenvalue weighted by molar-refractivity contribution is 6.31. The summed E-state index contributed by atoms with van der Waals surface area (Å²) in [6.45, 7) is 2.79. The zero-order valence-electron chi connectivity index (χ0n) is 20.0. The summed E-state index contributed by atoms with van der Waals surface area (Å²) in [4.78, 5) is 26.6. The number of nitrogens with one attached hydrogen (secondary N) is 3. The molecule has 194 valence electrons. The van der Waals surface area contributed by atoms with Crippen molar-refractivity contribution in [1.82, 2.24) is 20.4 Å². The van der Waals surface area contributed by atoms with Crippen molar-refractivity contribution in [3.05, 3.63) is 64.8 Å². The Morgan fingerprint density at radius 2 is 1.89 bits per heavy atom. The number of morpholine rings is 1. The number of benzene rings is 1. The molecule has 3 N–H and O–H groups in total. The van der Waals surface area contributed by atoms with Gasteiger partial charge in [0.25, 0.3) is 5.91 Å². The van der Waals surface area contributed by atoms with Crippen LogP contribution in [0.4, 0.5) is 27.5 Å². The van der Waals surface area contributed by atoms with Crippen molar-refractivity contribution in [1.29, 1.82) is 0 Å². The number of carbonyl (C=O) groups excluding carboxylic acids is 1. The first-order valence-electron chi connectivity index (χ1n) is 12.1. The molecule has 12 heteroatoms. The number of aromatic nitrogens is 3. The standard InChI is InChI=1S/C25H27ClFN7O3/c26-19-13-16(4-6-18(19)22-3-1-2-10-37-22)30-17-5-7-21(28-14-17)24(35)32-33-25-29-15-20(27)23(31-25)34-8-11-36-12-9-34/h4-7,13-15,22,30H,1-3,8-12H2,(H,32,35)(H,29,31,33). The number of amides is 1. The zero-order chi connectivity index (χ0) is 25.6. The van der Waals surface area contributed by atoms with E-state index in [4.69, 9.17) is 21.1 Å². The number of halogens is 2. The first kappa shape index (κ1) is 25.1. The first-order valence-corrected chi connectivity index (χ1v) is 12.5. The minimum absolute atomic E-state index is 0.0367. The molecule has 0 saturated carbocycles. The smallest absolute Gasteiger partial charge is 0.288 e. The third-order valence-electron chi connectivity index (χ3n) is 6.14. The van der Waals surface area contributed by atoms with Gasteiger partial charge in [-0.25, -0.2) is 14.4 Å². The van der Waals surface area contributed by atoms with Crippen molar-refractivity contribution in [3.8, 4) is 0 Å². The molecule has 3 aromatic rings. The molecule has 5 rings (SSSR count). The second kappa shape index (κ2) is 11.7. The third-order valence-corrected chi connectivity index (χ3v) is 6.46. The van der Waals surface area contributed by atoms with Crippen LogP contribution in [0.1, 0.15) is 41.4 Å². The predicted molar refractivity (Wildman–Crippen MR) is 138 cm³/mol. The highest BCUT2D eigenvalue weighted by Crippen LogP contribution is 2.34. The van der Waals surface area contributed by atoms with Crippen molar-refractivity contribution >= 4 is 40.6 Å². The quantitative estimate of drug-likeness (QED) is 0.388. The predicted octanol–water partition coefficient (Wildman–Crippen LogP) is 4.24. The number of hydrazine groups is 1. The van der Waals surface area contributed by atoms with Gasteiger partial charge in [0.15, 0.2) is 11.6 Å². The molecule has 10 nitrogen and oxygen atoms in total. The van der Waals surface area contributed by atoms with Crippen LogP contribution >= 0.6 is 11.6 Å². The molecule has 0 radical (unpaired) electrons.